The highest BCUT2D eigenvalue weighted by atomic mass is 16.6. The maximum atomic E-state index is 10.5. The van der Waals surface area contributed by atoms with Crippen molar-refractivity contribution in [1.29, 1.82) is 0 Å². The minimum atomic E-state index is -0.533. The summed E-state index contributed by atoms with van der Waals surface area (Å²) in [7, 11) is 0. The fourth-order valence-corrected chi connectivity index (χ4v) is 2.01. The Kier molecular flexibility index (Phi) is 3.85. The Labute approximate surface area is 111 Å². The van der Waals surface area contributed by atoms with Gasteiger partial charge in [0.15, 0.2) is 0 Å². The highest BCUT2D eigenvalue weighted by Gasteiger charge is 2.12. The Morgan fingerprint density at radius 3 is 2.74 bits per heavy atom. The molecule has 0 unspecified atom stereocenters. The van der Waals surface area contributed by atoms with Gasteiger partial charge in [-0.15, -0.1) is 0 Å². The van der Waals surface area contributed by atoms with Crippen LogP contribution in [0.3, 0.4) is 0 Å². The van der Waals surface area contributed by atoms with Crippen molar-refractivity contribution in [3.05, 3.63) is 57.3 Å². The molecule has 1 N–H and O–H groups in total. The van der Waals surface area contributed by atoms with E-state index in [0.29, 0.717) is 12.3 Å². The lowest BCUT2D eigenvalue weighted by atomic mass is 10.1. The molecular weight excluding hydrogens is 244 g/mol. The Bertz CT molecular complexity index is 590. The number of aryl methyl sites for hydroxylation is 2. The molecule has 100 valence electrons. The molecule has 19 heavy (non-hydrogen) atoms. The van der Waals surface area contributed by atoms with Crippen LogP contribution in [0, 0.1) is 17.0 Å². The second-order valence-electron chi connectivity index (χ2n) is 4.31. The smallest absolute Gasteiger partial charge is 0.404 e. The molecular formula is C14H16N2O3. The standard InChI is InChI=1S/C14H16N2O3/c1-3-11-6-4-5-10(2)14(11)15-9-12-7-8-13(19-12)16(17)18/h4-8,15H,3,9H2,1-2H3. The van der Waals surface area contributed by atoms with Gasteiger partial charge in [-0.2, -0.15) is 0 Å². The molecule has 5 nitrogen and oxygen atoms in total. The van der Waals surface area contributed by atoms with Crippen molar-refractivity contribution in [1.82, 2.24) is 0 Å². The number of nitro groups is 1. The summed E-state index contributed by atoms with van der Waals surface area (Å²) >= 11 is 0. The fraction of sp³-hybridized carbons (Fsp3) is 0.286. The number of benzene rings is 1. The first kappa shape index (κ1) is 13.1. The number of furan rings is 1. The highest BCUT2D eigenvalue weighted by Crippen LogP contribution is 2.23. The summed E-state index contributed by atoms with van der Waals surface area (Å²) in [5, 5.41) is 13.8. The van der Waals surface area contributed by atoms with Crippen molar-refractivity contribution in [2.75, 3.05) is 5.32 Å². The average Bonchev–Trinajstić information content (AvgIpc) is 2.86. The van der Waals surface area contributed by atoms with Gasteiger partial charge in [0.05, 0.1) is 12.6 Å². The zero-order chi connectivity index (χ0) is 13.8. The van der Waals surface area contributed by atoms with Gasteiger partial charge in [-0.3, -0.25) is 10.1 Å². The van der Waals surface area contributed by atoms with Crippen molar-refractivity contribution >= 4 is 11.6 Å². The van der Waals surface area contributed by atoms with Gasteiger partial charge >= 0.3 is 5.88 Å². The summed E-state index contributed by atoms with van der Waals surface area (Å²) in [5.41, 5.74) is 3.45. The van der Waals surface area contributed by atoms with E-state index in [1.165, 1.54) is 11.6 Å². The fourth-order valence-electron chi connectivity index (χ4n) is 2.01. The van der Waals surface area contributed by atoms with Gasteiger partial charge in [-0.1, -0.05) is 25.1 Å². The van der Waals surface area contributed by atoms with Gasteiger partial charge in [-0.25, -0.2) is 0 Å². The predicted molar refractivity (Wildman–Crippen MR) is 73.2 cm³/mol. The molecule has 2 aromatic rings. The van der Waals surface area contributed by atoms with E-state index in [4.69, 9.17) is 4.42 Å². The van der Waals surface area contributed by atoms with Gasteiger partial charge in [0.2, 0.25) is 0 Å². The normalized spacial score (nSPS) is 10.4. The average molecular weight is 260 g/mol. The molecule has 0 aliphatic heterocycles. The third-order valence-electron chi connectivity index (χ3n) is 3.01. The Hall–Kier alpha value is -2.30. The molecule has 0 amide bonds. The molecule has 1 heterocycles. The lowest BCUT2D eigenvalue weighted by molar-refractivity contribution is -0.402. The molecule has 0 saturated carbocycles. The van der Waals surface area contributed by atoms with Crippen molar-refractivity contribution in [3.8, 4) is 0 Å². The van der Waals surface area contributed by atoms with Crippen molar-refractivity contribution in [2.45, 2.75) is 26.8 Å². The minimum Gasteiger partial charge on any atom is -0.404 e. The van der Waals surface area contributed by atoms with Gasteiger partial charge in [-0.05, 0) is 30.5 Å². The zero-order valence-corrected chi connectivity index (χ0v) is 11.0. The lowest BCUT2D eigenvalue weighted by Crippen LogP contribution is -2.03. The topological polar surface area (TPSA) is 68.3 Å². The van der Waals surface area contributed by atoms with Crippen LogP contribution in [0.5, 0.6) is 0 Å². The lowest BCUT2D eigenvalue weighted by Gasteiger charge is -2.12. The molecule has 0 saturated heterocycles. The van der Waals surface area contributed by atoms with E-state index < -0.39 is 4.92 Å². The summed E-state index contributed by atoms with van der Waals surface area (Å²) in [5.74, 6) is 0.328. The van der Waals surface area contributed by atoms with E-state index in [1.54, 1.807) is 6.07 Å². The third-order valence-corrected chi connectivity index (χ3v) is 3.01. The van der Waals surface area contributed by atoms with Crippen LogP contribution in [-0.2, 0) is 13.0 Å². The van der Waals surface area contributed by atoms with E-state index in [-0.39, 0.29) is 5.88 Å². The predicted octanol–water partition coefficient (Wildman–Crippen LogP) is 3.67. The van der Waals surface area contributed by atoms with E-state index >= 15 is 0 Å². The number of rotatable bonds is 5. The molecule has 0 fully saturated rings. The largest absolute Gasteiger partial charge is 0.433 e. The van der Waals surface area contributed by atoms with Crippen LogP contribution < -0.4 is 5.32 Å². The van der Waals surface area contributed by atoms with Crippen LogP contribution in [0.25, 0.3) is 0 Å². The van der Waals surface area contributed by atoms with Crippen molar-refractivity contribution < 1.29 is 9.34 Å². The van der Waals surface area contributed by atoms with E-state index in [0.717, 1.165) is 17.7 Å². The first-order valence-electron chi connectivity index (χ1n) is 6.17. The number of nitrogens with zero attached hydrogens (tertiary/aromatic N) is 1. The van der Waals surface area contributed by atoms with Gasteiger partial charge in [0, 0.05) is 5.69 Å². The quantitative estimate of drug-likeness (QED) is 0.657. The second kappa shape index (κ2) is 5.56. The Balaban J connectivity index is 2.12. The Morgan fingerprint density at radius 2 is 2.11 bits per heavy atom. The number of hydrogen-bond donors (Lipinski definition) is 1. The molecule has 0 atom stereocenters. The molecule has 2 rings (SSSR count). The van der Waals surface area contributed by atoms with Crippen LogP contribution in [0.2, 0.25) is 0 Å². The van der Waals surface area contributed by atoms with Gasteiger partial charge in [0.1, 0.15) is 10.7 Å². The molecule has 0 spiro atoms. The van der Waals surface area contributed by atoms with Crippen molar-refractivity contribution in [2.24, 2.45) is 0 Å². The first-order chi connectivity index (χ1) is 9.11. The van der Waals surface area contributed by atoms with Crippen molar-refractivity contribution in [3.63, 3.8) is 0 Å². The SMILES string of the molecule is CCc1cccc(C)c1NCc1ccc([N+](=O)[O-])o1. The first-order valence-corrected chi connectivity index (χ1v) is 6.17. The molecule has 0 radical (unpaired) electrons. The molecule has 0 aliphatic rings. The minimum absolute atomic E-state index is 0.225. The summed E-state index contributed by atoms with van der Waals surface area (Å²) in [4.78, 5) is 10.0. The van der Waals surface area contributed by atoms with Crippen LogP contribution in [0.1, 0.15) is 23.8 Å². The highest BCUT2D eigenvalue weighted by molar-refractivity contribution is 5.57. The van der Waals surface area contributed by atoms with Crippen LogP contribution in [0.15, 0.2) is 34.7 Å². The number of hydrogen-bond acceptors (Lipinski definition) is 4. The molecule has 0 aliphatic carbocycles. The van der Waals surface area contributed by atoms with Crippen LogP contribution in [0.4, 0.5) is 11.6 Å². The van der Waals surface area contributed by atoms with Crippen LogP contribution >= 0.6 is 0 Å². The van der Waals surface area contributed by atoms with Gasteiger partial charge < -0.3 is 9.73 Å². The number of para-hydroxylation sites is 1. The summed E-state index contributed by atoms with van der Waals surface area (Å²) < 4.78 is 5.12. The number of anilines is 1. The summed E-state index contributed by atoms with van der Waals surface area (Å²) in [6, 6.07) is 9.12. The third kappa shape index (κ3) is 2.93. The van der Waals surface area contributed by atoms with E-state index in [2.05, 4.69) is 18.3 Å². The molecule has 5 heteroatoms. The van der Waals surface area contributed by atoms with E-state index in [9.17, 15) is 10.1 Å². The van der Waals surface area contributed by atoms with Crippen LogP contribution in [-0.4, -0.2) is 4.92 Å². The monoisotopic (exact) mass is 260 g/mol. The number of nitrogens with one attached hydrogen (secondary N) is 1. The molecule has 1 aromatic carbocycles. The molecule has 1 aromatic heterocycles. The molecule has 0 bridgehead atoms. The maximum Gasteiger partial charge on any atom is 0.433 e. The van der Waals surface area contributed by atoms with E-state index in [1.807, 2.05) is 19.1 Å². The Morgan fingerprint density at radius 1 is 1.32 bits per heavy atom. The zero-order valence-electron chi connectivity index (χ0n) is 11.0. The second-order valence-corrected chi connectivity index (χ2v) is 4.31. The summed E-state index contributed by atoms with van der Waals surface area (Å²) in [6.07, 6.45) is 0.933. The van der Waals surface area contributed by atoms with Gasteiger partial charge in [0.25, 0.3) is 0 Å². The maximum absolute atomic E-state index is 10.5. The summed E-state index contributed by atoms with van der Waals surface area (Å²) in [6.45, 7) is 4.56.